The molecule has 0 amide bonds. The highest BCUT2D eigenvalue weighted by Crippen LogP contribution is 2.34. The molecule has 0 radical (unpaired) electrons. The van der Waals surface area contributed by atoms with E-state index in [9.17, 15) is 0 Å². The number of methoxy groups -OCH3 is 1. The molecule has 0 aliphatic rings. The van der Waals surface area contributed by atoms with Crippen molar-refractivity contribution in [2.24, 2.45) is 5.73 Å². The number of rotatable bonds is 6. The van der Waals surface area contributed by atoms with E-state index >= 15 is 0 Å². The van der Waals surface area contributed by atoms with Crippen molar-refractivity contribution in [3.63, 3.8) is 0 Å². The SMILES string of the molecule is CCC(C)(C)N(C)C(CN)c1cc(OC)ccc1Br. The van der Waals surface area contributed by atoms with Gasteiger partial charge in [-0.05, 0) is 51.1 Å². The Kier molecular flexibility index (Phi) is 5.83. The number of halogens is 1. The molecule has 4 heteroatoms. The van der Waals surface area contributed by atoms with Crippen molar-refractivity contribution in [1.82, 2.24) is 4.90 Å². The van der Waals surface area contributed by atoms with Gasteiger partial charge < -0.3 is 10.5 Å². The second-order valence-electron chi connectivity index (χ2n) is 5.42. The number of benzene rings is 1. The number of hydrogen-bond donors (Lipinski definition) is 1. The third-order valence-corrected chi connectivity index (χ3v) is 4.80. The third-order valence-electron chi connectivity index (χ3n) is 4.07. The molecule has 1 aromatic rings. The first-order valence-electron chi connectivity index (χ1n) is 6.63. The second kappa shape index (κ2) is 6.73. The molecule has 0 fully saturated rings. The molecular weight excluding hydrogens is 304 g/mol. The minimum atomic E-state index is 0.104. The van der Waals surface area contributed by atoms with Gasteiger partial charge >= 0.3 is 0 Å². The van der Waals surface area contributed by atoms with Crippen LogP contribution in [0, 0.1) is 0 Å². The minimum Gasteiger partial charge on any atom is -0.497 e. The van der Waals surface area contributed by atoms with E-state index in [0.717, 1.165) is 16.6 Å². The molecular formula is C15H25BrN2O. The predicted molar refractivity (Wildman–Crippen MR) is 84.6 cm³/mol. The van der Waals surface area contributed by atoms with Crippen LogP contribution < -0.4 is 10.5 Å². The minimum absolute atomic E-state index is 0.104. The molecule has 0 aliphatic carbocycles. The van der Waals surface area contributed by atoms with Gasteiger partial charge in [-0.15, -0.1) is 0 Å². The number of likely N-dealkylation sites (N-methyl/N-ethyl adjacent to an activating group) is 1. The summed E-state index contributed by atoms with van der Waals surface area (Å²) in [4.78, 5) is 2.34. The van der Waals surface area contributed by atoms with Crippen molar-refractivity contribution in [2.45, 2.75) is 38.8 Å². The number of hydrogen-bond acceptors (Lipinski definition) is 3. The molecule has 0 aromatic heterocycles. The van der Waals surface area contributed by atoms with E-state index in [1.165, 1.54) is 5.56 Å². The van der Waals surface area contributed by atoms with Crippen LogP contribution in [0.2, 0.25) is 0 Å². The summed E-state index contributed by atoms with van der Waals surface area (Å²) in [5, 5.41) is 0. The lowest BCUT2D eigenvalue weighted by Crippen LogP contribution is -2.45. The van der Waals surface area contributed by atoms with Gasteiger partial charge in [-0.2, -0.15) is 0 Å². The fourth-order valence-electron chi connectivity index (χ4n) is 2.07. The van der Waals surface area contributed by atoms with Crippen molar-refractivity contribution < 1.29 is 4.74 Å². The van der Waals surface area contributed by atoms with Crippen LogP contribution in [0.5, 0.6) is 5.75 Å². The molecule has 0 aliphatic heterocycles. The molecule has 3 nitrogen and oxygen atoms in total. The lowest BCUT2D eigenvalue weighted by Gasteiger charge is -2.41. The fourth-order valence-corrected chi connectivity index (χ4v) is 2.58. The summed E-state index contributed by atoms with van der Waals surface area (Å²) < 4.78 is 6.39. The zero-order chi connectivity index (χ0) is 14.6. The van der Waals surface area contributed by atoms with Crippen LogP contribution in [-0.4, -0.2) is 31.1 Å². The maximum atomic E-state index is 6.01. The van der Waals surface area contributed by atoms with Gasteiger partial charge in [-0.25, -0.2) is 0 Å². The Morgan fingerprint density at radius 2 is 2.05 bits per heavy atom. The molecule has 0 saturated heterocycles. The Balaban J connectivity index is 3.16. The first kappa shape index (κ1) is 16.5. The zero-order valence-electron chi connectivity index (χ0n) is 12.5. The lowest BCUT2D eigenvalue weighted by atomic mass is 9.95. The summed E-state index contributed by atoms with van der Waals surface area (Å²) in [6.45, 7) is 7.25. The van der Waals surface area contributed by atoms with Crippen LogP contribution in [0.15, 0.2) is 22.7 Å². The zero-order valence-corrected chi connectivity index (χ0v) is 14.1. The van der Waals surface area contributed by atoms with E-state index < -0.39 is 0 Å². The molecule has 0 saturated carbocycles. The van der Waals surface area contributed by atoms with E-state index in [4.69, 9.17) is 10.5 Å². The Hall–Kier alpha value is -0.580. The average molecular weight is 329 g/mol. The maximum Gasteiger partial charge on any atom is 0.119 e. The van der Waals surface area contributed by atoms with Gasteiger partial charge in [-0.1, -0.05) is 22.9 Å². The van der Waals surface area contributed by atoms with E-state index in [1.54, 1.807) is 7.11 Å². The molecule has 2 N–H and O–H groups in total. The lowest BCUT2D eigenvalue weighted by molar-refractivity contribution is 0.1000. The van der Waals surface area contributed by atoms with Crippen LogP contribution in [0.25, 0.3) is 0 Å². The first-order valence-corrected chi connectivity index (χ1v) is 7.43. The Morgan fingerprint density at radius 3 is 2.53 bits per heavy atom. The van der Waals surface area contributed by atoms with E-state index in [0.29, 0.717) is 6.54 Å². The van der Waals surface area contributed by atoms with Gasteiger partial charge in [-0.3, -0.25) is 4.90 Å². The highest BCUT2D eigenvalue weighted by atomic mass is 79.9. The number of nitrogens with two attached hydrogens (primary N) is 1. The molecule has 0 spiro atoms. The topological polar surface area (TPSA) is 38.5 Å². The summed E-state index contributed by atoms with van der Waals surface area (Å²) in [6.07, 6.45) is 1.07. The van der Waals surface area contributed by atoms with Crippen molar-refractivity contribution in [2.75, 3.05) is 20.7 Å². The Labute approximate surface area is 125 Å². The van der Waals surface area contributed by atoms with Gasteiger partial charge in [0.1, 0.15) is 5.75 Å². The standard InChI is InChI=1S/C15H25BrN2O/c1-6-15(2,3)18(4)14(10-17)12-9-11(19-5)7-8-13(12)16/h7-9,14H,6,10,17H2,1-5H3. The van der Waals surface area contributed by atoms with Gasteiger partial charge in [0, 0.05) is 22.6 Å². The van der Waals surface area contributed by atoms with Gasteiger partial charge in [0.05, 0.1) is 7.11 Å². The molecule has 1 unspecified atom stereocenters. The highest BCUT2D eigenvalue weighted by Gasteiger charge is 2.29. The molecule has 0 heterocycles. The van der Waals surface area contributed by atoms with Crippen molar-refractivity contribution in [3.8, 4) is 5.75 Å². The second-order valence-corrected chi connectivity index (χ2v) is 6.27. The molecule has 1 atom stereocenters. The van der Waals surface area contributed by atoms with E-state index in [-0.39, 0.29) is 11.6 Å². The fraction of sp³-hybridized carbons (Fsp3) is 0.600. The van der Waals surface area contributed by atoms with Crippen LogP contribution in [0.4, 0.5) is 0 Å². The van der Waals surface area contributed by atoms with Gasteiger partial charge in [0.25, 0.3) is 0 Å². The Bertz CT molecular complexity index is 421. The van der Waals surface area contributed by atoms with Crippen LogP contribution in [0.3, 0.4) is 0 Å². The summed E-state index contributed by atoms with van der Waals surface area (Å²) in [5.41, 5.74) is 7.29. The van der Waals surface area contributed by atoms with Crippen molar-refractivity contribution >= 4 is 15.9 Å². The Morgan fingerprint density at radius 1 is 1.42 bits per heavy atom. The molecule has 1 rings (SSSR count). The van der Waals surface area contributed by atoms with E-state index in [1.807, 2.05) is 12.1 Å². The van der Waals surface area contributed by atoms with Gasteiger partial charge in [0.2, 0.25) is 0 Å². The monoisotopic (exact) mass is 328 g/mol. The van der Waals surface area contributed by atoms with E-state index in [2.05, 4.69) is 54.7 Å². The molecule has 1 aromatic carbocycles. The molecule has 108 valence electrons. The quantitative estimate of drug-likeness (QED) is 0.867. The predicted octanol–water partition coefficient (Wildman–Crippen LogP) is 3.58. The largest absolute Gasteiger partial charge is 0.497 e. The third kappa shape index (κ3) is 3.71. The van der Waals surface area contributed by atoms with Gasteiger partial charge in [0.15, 0.2) is 0 Å². The summed E-state index contributed by atoms with van der Waals surface area (Å²) in [6, 6.07) is 6.19. The van der Waals surface area contributed by atoms with Crippen LogP contribution >= 0.6 is 15.9 Å². The number of nitrogens with zero attached hydrogens (tertiary/aromatic N) is 1. The normalized spacial score (nSPS) is 13.7. The smallest absolute Gasteiger partial charge is 0.119 e. The van der Waals surface area contributed by atoms with Crippen LogP contribution in [-0.2, 0) is 0 Å². The first-order chi connectivity index (χ1) is 8.87. The summed E-state index contributed by atoms with van der Waals surface area (Å²) in [5.74, 6) is 0.861. The number of ether oxygens (including phenoxy) is 1. The average Bonchev–Trinajstić information content (AvgIpc) is 2.41. The highest BCUT2D eigenvalue weighted by molar-refractivity contribution is 9.10. The molecule has 0 bridgehead atoms. The maximum absolute atomic E-state index is 6.01. The summed E-state index contributed by atoms with van der Waals surface area (Å²) in [7, 11) is 3.82. The molecule has 19 heavy (non-hydrogen) atoms. The van der Waals surface area contributed by atoms with Crippen molar-refractivity contribution in [1.29, 1.82) is 0 Å². The van der Waals surface area contributed by atoms with Crippen LogP contribution in [0.1, 0.15) is 38.8 Å². The summed E-state index contributed by atoms with van der Waals surface area (Å²) >= 11 is 3.62. The van der Waals surface area contributed by atoms with Crippen molar-refractivity contribution in [3.05, 3.63) is 28.2 Å².